The summed E-state index contributed by atoms with van der Waals surface area (Å²) < 4.78 is 5.11. The molecule has 0 aliphatic rings. The van der Waals surface area contributed by atoms with Crippen LogP contribution in [0.5, 0.6) is 0 Å². The minimum Gasteiger partial charge on any atom is -0.467 e. The van der Waals surface area contributed by atoms with Gasteiger partial charge in [0, 0.05) is 13.1 Å². The summed E-state index contributed by atoms with van der Waals surface area (Å²) in [6.07, 6.45) is 0.907. The maximum Gasteiger partial charge on any atom is 0.133 e. The number of hydrogen-bond donors (Lipinski definition) is 3. The van der Waals surface area contributed by atoms with Gasteiger partial charge in [0.25, 0.3) is 0 Å². The van der Waals surface area contributed by atoms with Crippen molar-refractivity contribution in [2.45, 2.75) is 19.3 Å². The molecule has 96 valence electrons. The molecule has 0 aliphatic carbocycles. The van der Waals surface area contributed by atoms with Gasteiger partial charge in [0.2, 0.25) is 0 Å². The second-order valence-corrected chi connectivity index (χ2v) is 4.14. The fourth-order valence-electron chi connectivity index (χ4n) is 1.77. The van der Waals surface area contributed by atoms with Gasteiger partial charge in [0.15, 0.2) is 0 Å². The Morgan fingerprint density at radius 1 is 1.17 bits per heavy atom. The average Bonchev–Trinajstić information content (AvgIpc) is 2.93. The van der Waals surface area contributed by atoms with Crippen molar-refractivity contribution in [3.63, 3.8) is 0 Å². The molecule has 1 atom stereocenters. The van der Waals surface area contributed by atoms with Gasteiger partial charge in [-0.15, -0.1) is 0 Å². The van der Waals surface area contributed by atoms with E-state index >= 15 is 0 Å². The number of nitrogens with one attached hydrogen (secondary N) is 1. The van der Waals surface area contributed by atoms with Crippen molar-refractivity contribution < 1.29 is 14.6 Å². The Hall–Kier alpha value is -1.62. The fourth-order valence-corrected chi connectivity index (χ4v) is 1.77. The highest BCUT2D eigenvalue weighted by Crippen LogP contribution is 2.12. The van der Waals surface area contributed by atoms with Gasteiger partial charge in [-0.05, 0) is 23.3 Å². The summed E-state index contributed by atoms with van der Waals surface area (Å²) in [5.41, 5.74) is 1.97. The SMILES string of the molecule is OCc1cccc(CNCC(O)c2ccco2)c1. The van der Waals surface area contributed by atoms with Crippen LogP contribution in [0.25, 0.3) is 0 Å². The molecule has 1 unspecified atom stereocenters. The zero-order valence-electron chi connectivity index (χ0n) is 10.0. The van der Waals surface area contributed by atoms with Crippen LogP contribution in [0, 0.1) is 0 Å². The van der Waals surface area contributed by atoms with Gasteiger partial charge in [0.05, 0.1) is 12.9 Å². The van der Waals surface area contributed by atoms with Crippen LogP contribution in [0.2, 0.25) is 0 Å². The second kappa shape index (κ2) is 6.35. The third-order valence-corrected chi connectivity index (χ3v) is 2.71. The van der Waals surface area contributed by atoms with Gasteiger partial charge in [-0.2, -0.15) is 0 Å². The van der Waals surface area contributed by atoms with Crippen LogP contribution in [0.3, 0.4) is 0 Å². The number of furan rings is 1. The number of rotatable bonds is 6. The van der Waals surface area contributed by atoms with Crippen molar-refractivity contribution in [3.8, 4) is 0 Å². The maximum absolute atomic E-state index is 9.79. The summed E-state index contributed by atoms with van der Waals surface area (Å²) in [7, 11) is 0. The maximum atomic E-state index is 9.79. The molecule has 0 fully saturated rings. The average molecular weight is 247 g/mol. The number of aliphatic hydroxyl groups is 2. The standard InChI is InChI=1S/C14H17NO3/c16-10-12-4-1-3-11(7-12)8-15-9-13(17)14-5-2-6-18-14/h1-7,13,15-17H,8-10H2. The zero-order chi connectivity index (χ0) is 12.8. The Bertz CT molecular complexity index is 468. The molecular weight excluding hydrogens is 230 g/mol. The van der Waals surface area contributed by atoms with Gasteiger partial charge in [-0.25, -0.2) is 0 Å². The Labute approximate surface area is 106 Å². The highest BCUT2D eigenvalue weighted by atomic mass is 16.4. The monoisotopic (exact) mass is 247 g/mol. The number of hydrogen-bond acceptors (Lipinski definition) is 4. The van der Waals surface area contributed by atoms with Crippen LogP contribution in [0.1, 0.15) is 23.0 Å². The molecule has 3 N–H and O–H groups in total. The molecule has 4 heteroatoms. The summed E-state index contributed by atoms with van der Waals surface area (Å²) in [6.45, 7) is 1.12. The van der Waals surface area contributed by atoms with E-state index in [4.69, 9.17) is 9.52 Å². The second-order valence-electron chi connectivity index (χ2n) is 4.14. The first kappa shape index (κ1) is 12.8. The largest absolute Gasteiger partial charge is 0.467 e. The van der Waals surface area contributed by atoms with Crippen molar-refractivity contribution >= 4 is 0 Å². The quantitative estimate of drug-likeness (QED) is 0.725. The van der Waals surface area contributed by atoms with Crippen molar-refractivity contribution in [2.24, 2.45) is 0 Å². The van der Waals surface area contributed by atoms with Gasteiger partial charge in [0.1, 0.15) is 11.9 Å². The Balaban J connectivity index is 1.81. The summed E-state index contributed by atoms with van der Waals surface area (Å²) in [4.78, 5) is 0. The van der Waals surface area contributed by atoms with Crippen LogP contribution in [0.15, 0.2) is 47.1 Å². The first-order chi connectivity index (χ1) is 8.79. The third kappa shape index (κ3) is 3.43. The highest BCUT2D eigenvalue weighted by Gasteiger charge is 2.09. The minimum atomic E-state index is -0.638. The molecule has 0 aliphatic heterocycles. The normalized spacial score (nSPS) is 12.6. The van der Waals surface area contributed by atoms with Crippen molar-refractivity contribution in [1.29, 1.82) is 0 Å². The van der Waals surface area contributed by atoms with Crippen LogP contribution < -0.4 is 5.32 Å². The lowest BCUT2D eigenvalue weighted by molar-refractivity contribution is 0.147. The molecule has 0 spiro atoms. The van der Waals surface area contributed by atoms with E-state index < -0.39 is 6.10 Å². The number of benzene rings is 1. The Morgan fingerprint density at radius 3 is 2.72 bits per heavy atom. The Kier molecular flexibility index (Phi) is 4.52. The molecule has 18 heavy (non-hydrogen) atoms. The molecule has 0 bridgehead atoms. The van der Waals surface area contributed by atoms with Crippen LogP contribution in [0.4, 0.5) is 0 Å². The van der Waals surface area contributed by atoms with Crippen molar-refractivity contribution in [3.05, 3.63) is 59.5 Å². The van der Waals surface area contributed by atoms with E-state index in [1.807, 2.05) is 24.3 Å². The highest BCUT2D eigenvalue weighted by molar-refractivity contribution is 5.22. The first-order valence-corrected chi connectivity index (χ1v) is 5.90. The first-order valence-electron chi connectivity index (χ1n) is 5.90. The van der Waals surface area contributed by atoms with Gasteiger partial charge >= 0.3 is 0 Å². The van der Waals surface area contributed by atoms with Crippen LogP contribution in [-0.2, 0) is 13.2 Å². The molecule has 1 heterocycles. The van der Waals surface area contributed by atoms with Crippen LogP contribution >= 0.6 is 0 Å². The minimum absolute atomic E-state index is 0.0445. The van der Waals surface area contributed by atoms with Gasteiger partial charge in [-0.3, -0.25) is 0 Å². The summed E-state index contributed by atoms with van der Waals surface area (Å²) >= 11 is 0. The van der Waals surface area contributed by atoms with Crippen LogP contribution in [-0.4, -0.2) is 16.8 Å². The lowest BCUT2D eigenvalue weighted by Crippen LogP contribution is -2.20. The zero-order valence-corrected chi connectivity index (χ0v) is 10.0. The Morgan fingerprint density at radius 2 is 2.00 bits per heavy atom. The van der Waals surface area contributed by atoms with Gasteiger partial charge < -0.3 is 19.9 Å². The molecule has 0 saturated heterocycles. The molecule has 2 rings (SSSR count). The molecule has 2 aromatic rings. The number of aliphatic hydroxyl groups excluding tert-OH is 2. The third-order valence-electron chi connectivity index (χ3n) is 2.71. The van der Waals surface area contributed by atoms with E-state index in [0.717, 1.165) is 11.1 Å². The summed E-state index contributed by atoms with van der Waals surface area (Å²) in [6, 6.07) is 11.2. The lowest BCUT2D eigenvalue weighted by atomic mass is 10.1. The molecule has 0 radical (unpaired) electrons. The molecule has 1 aromatic heterocycles. The predicted octanol–water partition coefficient (Wildman–Crippen LogP) is 1.60. The molecule has 4 nitrogen and oxygen atoms in total. The van der Waals surface area contributed by atoms with Crippen molar-refractivity contribution in [2.75, 3.05) is 6.54 Å². The van der Waals surface area contributed by atoms with E-state index in [0.29, 0.717) is 18.8 Å². The topological polar surface area (TPSA) is 65.6 Å². The molecule has 0 saturated carbocycles. The fraction of sp³-hybridized carbons (Fsp3) is 0.286. The van der Waals surface area contributed by atoms with E-state index in [9.17, 15) is 5.11 Å². The molecule has 0 amide bonds. The van der Waals surface area contributed by atoms with E-state index in [-0.39, 0.29) is 6.61 Å². The van der Waals surface area contributed by atoms with E-state index in [1.54, 1.807) is 18.4 Å². The van der Waals surface area contributed by atoms with Crippen molar-refractivity contribution in [1.82, 2.24) is 5.32 Å². The van der Waals surface area contributed by atoms with Gasteiger partial charge in [-0.1, -0.05) is 24.3 Å². The molecular formula is C14H17NO3. The molecule has 1 aromatic carbocycles. The van der Waals surface area contributed by atoms with E-state index in [1.165, 1.54) is 0 Å². The lowest BCUT2D eigenvalue weighted by Gasteiger charge is -2.10. The smallest absolute Gasteiger partial charge is 0.133 e. The van der Waals surface area contributed by atoms with E-state index in [2.05, 4.69) is 5.32 Å². The predicted molar refractivity (Wildman–Crippen MR) is 67.7 cm³/mol. The summed E-state index contributed by atoms with van der Waals surface area (Å²) in [5.74, 6) is 0.562. The summed E-state index contributed by atoms with van der Waals surface area (Å²) in [5, 5.41) is 22.0.